The summed E-state index contributed by atoms with van der Waals surface area (Å²) in [5, 5.41) is 6.39. The molecule has 0 aliphatic carbocycles. The van der Waals surface area contributed by atoms with Crippen molar-refractivity contribution in [2.75, 3.05) is 20.1 Å². The van der Waals surface area contributed by atoms with Gasteiger partial charge in [-0.15, -0.1) is 0 Å². The monoisotopic (exact) mass is 138 g/mol. The predicted molar refractivity (Wildman–Crippen MR) is 43.8 cm³/mol. The normalized spacial score (nSPS) is 17.4. The summed E-state index contributed by atoms with van der Waals surface area (Å²) in [6.07, 6.45) is 4.31. The van der Waals surface area contributed by atoms with E-state index in [1.165, 1.54) is 11.3 Å². The highest BCUT2D eigenvalue weighted by Gasteiger charge is 2.00. The van der Waals surface area contributed by atoms with Crippen LogP contribution < -0.4 is 10.6 Å². The van der Waals surface area contributed by atoms with Gasteiger partial charge in [-0.1, -0.05) is 12.2 Å². The van der Waals surface area contributed by atoms with Gasteiger partial charge in [-0.05, 0) is 19.5 Å². The molecule has 10 heavy (non-hydrogen) atoms. The molecule has 0 aromatic heterocycles. The Morgan fingerprint density at radius 3 is 3.10 bits per heavy atom. The van der Waals surface area contributed by atoms with Gasteiger partial charge in [0.25, 0.3) is 0 Å². The van der Waals surface area contributed by atoms with Crippen molar-refractivity contribution in [3.05, 3.63) is 23.4 Å². The van der Waals surface area contributed by atoms with Gasteiger partial charge in [0, 0.05) is 18.8 Å². The summed E-state index contributed by atoms with van der Waals surface area (Å²) in [5.41, 5.74) is 2.64. The minimum Gasteiger partial charge on any atom is -0.385 e. The maximum absolute atomic E-state index is 3.27. The maximum Gasteiger partial charge on any atom is 0.0330 e. The Labute approximate surface area is 62.0 Å². The number of likely N-dealkylation sites (N-methyl/N-ethyl adjacent to an activating group) is 1. The standard InChI is InChI=1S/C8H14N2/c1-7-8(6-9-2)4-3-5-10-7/h3-4,9-10H,5-6H2,1-2H3. The van der Waals surface area contributed by atoms with Crippen molar-refractivity contribution < 1.29 is 0 Å². The third kappa shape index (κ3) is 1.61. The Morgan fingerprint density at radius 1 is 1.70 bits per heavy atom. The fourth-order valence-corrected chi connectivity index (χ4v) is 1.03. The van der Waals surface area contributed by atoms with E-state index < -0.39 is 0 Å². The molecule has 0 aromatic rings. The van der Waals surface area contributed by atoms with E-state index in [1.807, 2.05) is 7.05 Å². The van der Waals surface area contributed by atoms with E-state index >= 15 is 0 Å². The molecule has 0 atom stereocenters. The van der Waals surface area contributed by atoms with Crippen molar-refractivity contribution >= 4 is 0 Å². The summed E-state index contributed by atoms with van der Waals surface area (Å²) in [7, 11) is 1.96. The van der Waals surface area contributed by atoms with Crippen LogP contribution in [-0.4, -0.2) is 20.1 Å². The zero-order valence-electron chi connectivity index (χ0n) is 6.57. The average molecular weight is 138 g/mol. The molecule has 2 heteroatoms. The van der Waals surface area contributed by atoms with Gasteiger partial charge >= 0.3 is 0 Å². The van der Waals surface area contributed by atoms with E-state index in [4.69, 9.17) is 0 Å². The van der Waals surface area contributed by atoms with Gasteiger partial charge in [0.1, 0.15) is 0 Å². The SMILES string of the molecule is CNCC1=C(C)NCC=C1. The molecule has 0 spiro atoms. The highest BCUT2D eigenvalue weighted by atomic mass is 14.9. The third-order valence-corrected chi connectivity index (χ3v) is 1.65. The first kappa shape index (κ1) is 7.35. The van der Waals surface area contributed by atoms with E-state index in [0.717, 1.165) is 13.1 Å². The van der Waals surface area contributed by atoms with E-state index in [-0.39, 0.29) is 0 Å². The molecule has 0 amide bonds. The molecule has 1 rings (SSSR count). The molecular formula is C8H14N2. The molecule has 1 heterocycles. The molecule has 0 saturated heterocycles. The number of hydrogen-bond acceptors (Lipinski definition) is 2. The van der Waals surface area contributed by atoms with Gasteiger partial charge in [0.15, 0.2) is 0 Å². The van der Waals surface area contributed by atoms with Crippen LogP contribution >= 0.6 is 0 Å². The van der Waals surface area contributed by atoms with Crippen LogP contribution in [0, 0.1) is 0 Å². The summed E-state index contributed by atoms with van der Waals surface area (Å²) in [6, 6.07) is 0. The molecule has 1 aliphatic heterocycles. The minimum atomic E-state index is 0.954. The third-order valence-electron chi connectivity index (χ3n) is 1.65. The first-order valence-electron chi connectivity index (χ1n) is 3.59. The van der Waals surface area contributed by atoms with Gasteiger partial charge in [-0.3, -0.25) is 0 Å². The lowest BCUT2D eigenvalue weighted by Crippen LogP contribution is -2.21. The molecule has 0 bridgehead atoms. The second kappa shape index (κ2) is 3.42. The van der Waals surface area contributed by atoms with Gasteiger partial charge in [0.05, 0.1) is 0 Å². The van der Waals surface area contributed by atoms with Crippen molar-refractivity contribution in [2.45, 2.75) is 6.92 Å². The second-order valence-corrected chi connectivity index (χ2v) is 2.46. The lowest BCUT2D eigenvalue weighted by molar-refractivity contribution is 0.818. The fourth-order valence-electron chi connectivity index (χ4n) is 1.03. The van der Waals surface area contributed by atoms with Gasteiger partial charge in [-0.2, -0.15) is 0 Å². The maximum atomic E-state index is 3.27. The number of hydrogen-bond donors (Lipinski definition) is 2. The summed E-state index contributed by atoms with van der Waals surface area (Å²) in [6.45, 7) is 4.03. The lowest BCUT2D eigenvalue weighted by atomic mass is 10.1. The van der Waals surface area contributed by atoms with Crippen molar-refractivity contribution in [1.29, 1.82) is 0 Å². The van der Waals surface area contributed by atoms with Crippen molar-refractivity contribution in [3.63, 3.8) is 0 Å². The highest BCUT2D eigenvalue weighted by molar-refractivity contribution is 5.28. The van der Waals surface area contributed by atoms with Crippen LogP contribution in [-0.2, 0) is 0 Å². The molecule has 0 radical (unpaired) electrons. The number of rotatable bonds is 2. The van der Waals surface area contributed by atoms with Gasteiger partial charge in [0.2, 0.25) is 0 Å². The Hall–Kier alpha value is -0.760. The zero-order valence-corrected chi connectivity index (χ0v) is 6.57. The molecule has 0 fully saturated rings. The molecule has 0 saturated carbocycles. The lowest BCUT2D eigenvalue weighted by Gasteiger charge is -2.13. The molecule has 0 aromatic carbocycles. The zero-order chi connectivity index (χ0) is 7.40. The Kier molecular flexibility index (Phi) is 2.51. The predicted octanol–water partition coefficient (Wildman–Crippen LogP) is 0.639. The van der Waals surface area contributed by atoms with E-state index in [2.05, 4.69) is 29.7 Å². The topological polar surface area (TPSA) is 24.1 Å². The van der Waals surface area contributed by atoms with E-state index in [0.29, 0.717) is 0 Å². The summed E-state index contributed by atoms with van der Waals surface area (Å²) >= 11 is 0. The molecule has 2 N–H and O–H groups in total. The van der Waals surface area contributed by atoms with E-state index in [9.17, 15) is 0 Å². The fraction of sp³-hybridized carbons (Fsp3) is 0.500. The summed E-state index contributed by atoms with van der Waals surface area (Å²) in [4.78, 5) is 0. The first-order chi connectivity index (χ1) is 4.84. The Bertz CT molecular complexity index is 168. The van der Waals surface area contributed by atoms with Crippen molar-refractivity contribution in [2.24, 2.45) is 0 Å². The van der Waals surface area contributed by atoms with Crippen molar-refractivity contribution in [1.82, 2.24) is 10.6 Å². The molecule has 2 nitrogen and oxygen atoms in total. The number of nitrogens with one attached hydrogen (secondary N) is 2. The van der Waals surface area contributed by atoms with Crippen LogP contribution in [0.25, 0.3) is 0 Å². The van der Waals surface area contributed by atoms with Gasteiger partial charge in [-0.25, -0.2) is 0 Å². The molecular weight excluding hydrogens is 124 g/mol. The number of allylic oxidation sites excluding steroid dienone is 1. The summed E-state index contributed by atoms with van der Waals surface area (Å²) in [5.74, 6) is 0. The quantitative estimate of drug-likeness (QED) is 0.585. The molecule has 56 valence electrons. The van der Waals surface area contributed by atoms with E-state index in [1.54, 1.807) is 0 Å². The van der Waals surface area contributed by atoms with Crippen LogP contribution in [0.3, 0.4) is 0 Å². The average Bonchev–Trinajstić information content (AvgIpc) is 1.94. The largest absolute Gasteiger partial charge is 0.385 e. The first-order valence-corrected chi connectivity index (χ1v) is 3.59. The van der Waals surface area contributed by atoms with Crippen LogP contribution in [0.1, 0.15) is 6.92 Å². The minimum absolute atomic E-state index is 0.954. The van der Waals surface area contributed by atoms with Crippen LogP contribution in [0.15, 0.2) is 23.4 Å². The van der Waals surface area contributed by atoms with Crippen molar-refractivity contribution in [3.8, 4) is 0 Å². The van der Waals surface area contributed by atoms with Crippen LogP contribution in [0.4, 0.5) is 0 Å². The van der Waals surface area contributed by atoms with Gasteiger partial charge < -0.3 is 10.6 Å². The molecule has 1 aliphatic rings. The number of dihydropyridines is 1. The van der Waals surface area contributed by atoms with Crippen LogP contribution in [0.5, 0.6) is 0 Å². The van der Waals surface area contributed by atoms with Crippen LogP contribution in [0.2, 0.25) is 0 Å². The molecule has 0 unspecified atom stereocenters. The smallest absolute Gasteiger partial charge is 0.0330 e. The summed E-state index contributed by atoms with van der Waals surface area (Å²) < 4.78 is 0. The highest BCUT2D eigenvalue weighted by Crippen LogP contribution is 2.05. The Balaban J connectivity index is 2.60. The second-order valence-electron chi connectivity index (χ2n) is 2.46. The Morgan fingerprint density at radius 2 is 2.50 bits per heavy atom.